The van der Waals surface area contributed by atoms with Gasteiger partial charge in [0.25, 0.3) is 0 Å². The Kier molecular flexibility index (Phi) is 5.32. The third kappa shape index (κ3) is 3.44. The molecule has 0 saturated carbocycles. The fourth-order valence-electron chi connectivity index (χ4n) is 2.99. The van der Waals surface area contributed by atoms with E-state index in [9.17, 15) is 5.26 Å². The average molecular weight is 359 g/mol. The third-order valence-electron chi connectivity index (χ3n) is 4.14. The maximum Gasteiger partial charge on any atom is 0.143 e. The minimum atomic E-state index is -0.131. The number of H-pyrrole nitrogens is 1. The van der Waals surface area contributed by atoms with Gasteiger partial charge in [-0.15, -0.1) is 0 Å². The highest BCUT2D eigenvalue weighted by Crippen LogP contribution is 2.36. The number of aromatic amines is 1. The van der Waals surface area contributed by atoms with Gasteiger partial charge in [-0.05, 0) is 44.2 Å². The lowest BCUT2D eigenvalue weighted by Crippen LogP contribution is -2.12. The molecular weight excluding hydrogens is 338 g/mol. The Bertz CT molecular complexity index is 1060. The molecule has 0 bridgehead atoms. The Morgan fingerprint density at radius 3 is 2.59 bits per heavy atom. The zero-order valence-electron chi connectivity index (χ0n) is 15.8. The molecule has 0 spiro atoms. The molecule has 6 nitrogen and oxygen atoms in total. The highest BCUT2D eigenvalue weighted by Gasteiger charge is 2.23. The van der Waals surface area contributed by atoms with Crippen LogP contribution in [-0.4, -0.2) is 26.8 Å². The Hall–Kier alpha value is -3.46. The van der Waals surface area contributed by atoms with Crippen molar-refractivity contribution in [1.29, 1.82) is 5.26 Å². The minimum Gasteiger partial charge on any atom is -0.388 e. The molecule has 3 aromatic rings. The maximum atomic E-state index is 9.23. The first-order valence-electron chi connectivity index (χ1n) is 8.93. The number of fused-ring (bicyclic) bond motifs is 1. The predicted octanol–water partition coefficient (Wildman–Crippen LogP) is 4.70. The highest BCUT2D eigenvalue weighted by atomic mass is 16.6. The van der Waals surface area contributed by atoms with Crippen LogP contribution in [0.1, 0.15) is 39.0 Å². The SMILES string of the molecule is CC.CC1=NOC(C)C=C1c1c(-c2ccncc2)[nH]c2ccc(C#N)nc12. The van der Waals surface area contributed by atoms with Crippen molar-refractivity contribution >= 4 is 22.3 Å². The summed E-state index contributed by atoms with van der Waals surface area (Å²) in [5.74, 6) is 0. The standard InChI is InChI=1S/C19H15N5O.C2H6/c1-11-9-15(12(2)24-25-11)17-18(13-5-7-21-8-6-13)23-16-4-3-14(10-20)22-19(16)17;1-2/h3-9,11,23H,1-2H3;1-2H3. The number of nitriles is 1. The van der Waals surface area contributed by atoms with E-state index in [1.807, 2.05) is 52.0 Å². The fraction of sp³-hybridized carbons (Fsp3) is 0.238. The molecule has 27 heavy (non-hydrogen) atoms. The van der Waals surface area contributed by atoms with Crippen molar-refractivity contribution in [2.24, 2.45) is 5.16 Å². The normalized spacial score (nSPS) is 15.7. The lowest BCUT2D eigenvalue weighted by molar-refractivity contribution is 0.103. The predicted molar refractivity (Wildman–Crippen MR) is 107 cm³/mol. The zero-order chi connectivity index (χ0) is 19.4. The number of hydrogen-bond acceptors (Lipinski definition) is 5. The smallest absolute Gasteiger partial charge is 0.143 e. The summed E-state index contributed by atoms with van der Waals surface area (Å²) in [7, 11) is 0. The first-order valence-corrected chi connectivity index (χ1v) is 8.93. The van der Waals surface area contributed by atoms with Gasteiger partial charge in [-0.3, -0.25) is 4.98 Å². The van der Waals surface area contributed by atoms with Crippen LogP contribution < -0.4 is 0 Å². The van der Waals surface area contributed by atoms with Crippen LogP contribution in [0.3, 0.4) is 0 Å². The molecule has 0 fully saturated rings. The molecule has 0 saturated heterocycles. The third-order valence-corrected chi connectivity index (χ3v) is 4.14. The van der Waals surface area contributed by atoms with Gasteiger partial charge in [-0.2, -0.15) is 5.26 Å². The number of pyridine rings is 2. The van der Waals surface area contributed by atoms with Crippen molar-refractivity contribution < 1.29 is 4.84 Å². The van der Waals surface area contributed by atoms with E-state index >= 15 is 0 Å². The van der Waals surface area contributed by atoms with Gasteiger partial charge in [0.05, 0.1) is 22.4 Å². The van der Waals surface area contributed by atoms with Crippen LogP contribution in [0.4, 0.5) is 0 Å². The maximum absolute atomic E-state index is 9.23. The van der Waals surface area contributed by atoms with Crippen LogP contribution in [0.25, 0.3) is 27.9 Å². The Morgan fingerprint density at radius 1 is 1.15 bits per heavy atom. The van der Waals surface area contributed by atoms with E-state index in [1.165, 1.54) is 0 Å². The van der Waals surface area contributed by atoms with Crippen molar-refractivity contribution in [1.82, 2.24) is 15.0 Å². The van der Waals surface area contributed by atoms with E-state index in [2.05, 4.69) is 26.2 Å². The van der Waals surface area contributed by atoms with Gasteiger partial charge >= 0.3 is 0 Å². The monoisotopic (exact) mass is 359 g/mol. The highest BCUT2D eigenvalue weighted by molar-refractivity contribution is 6.27. The van der Waals surface area contributed by atoms with Gasteiger partial charge in [-0.1, -0.05) is 19.0 Å². The minimum absolute atomic E-state index is 0.131. The summed E-state index contributed by atoms with van der Waals surface area (Å²) in [5.41, 5.74) is 6.58. The molecule has 3 aromatic heterocycles. The molecular formula is C21H21N5O. The summed E-state index contributed by atoms with van der Waals surface area (Å²) >= 11 is 0. The van der Waals surface area contributed by atoms with Gasteiger partial charge in [0.15, 0.2) is 0 Å². The molecule has 1 atom stereocenters. The van der Waals surface area contributed by atoms with Gasteiger partial charge in [0, 0.05) is 29.1 Å². The number of nitrogens with zero attached hydrogens (tertiary/aromatic N) is 4. The Labute approximate surface area is 158 Å². The Morgan fingerprint density at radius 2 is 1.89 bits per heavy atom. The lowest BCUT2D eigenvalue weighted by Gasteiger charge is -2.17. The topological polar surface area (TPSA) is 87.0 Å². The van der Waals surface area contributed by atoms with E-state index < -0.39 is 0 Å². The van der Waals surface area contributed by atoms with Crippen LogP contribution in [-0.2, 0) is 4.84 Å². The summed E-state index contributed by atoms with van der Waals surface area (Å²) in [6.07, 6.45) is 5.39. The molecule has 136 valence electrons. The number of aromatic nitrogens is 3. The second-order valence-corrected chi connectivity index (χ2v) is 5.88. The Balaban J connectivity index is 0.00000102. The molecule has 0 aromatic carbocycles. The molecule has 4 rings (SSSR count). The average Bonchev–Trinajstić information content (AvgIpc) is 3.10. The van der Waals surface area contributed by atoms with Crippen molar-refractivity contribution in [3.05, 3.63) is 54.0 Å². The van der Waals surface area contributed by atoms with Gasteiger partial charge in [0.1, 0.15) is 17.9 Å². The van der Waals surface area contributed by atoms with Crippen molar-refractivity contribution in [3.8, 4) is 17.3 Å². The summed E-state index contributed by atoms with van der Waals surface area (Å²) < 4.78 is 0. The molecule has 1 unspecified atom stereocenters. The van der Waals surface area contributed by atoms with Crippen LogP contribution in [0.5, 0.6) is 0 Å². The first kappa shape index (κ1) is 18.3. The molecule has 1 aliphatic rings. The van der Waals surface area contributed by atoms with Crippen molar-refractivity contribution in [3.63, 3.8) is 0 Å². The molecule has 1 N–H and O–H groups in total. The summed E-state index contributed by atoms with van der Waals surface area (Å²) in [6, 6.07) is 9.58. The number of nitrogens with one attached hydrogen (secondary N) is 1. The number of oxime groups is 1. The molecule has 0 radical (unpaired) electrons. The van der Waals surface area contributed by atoms with Crippen LogP contribution in [0.15, 0.2) is 47.9 Å². The van der Waals surface area contributed by atoms with Gasteiger partial charge < -0.3 is 9.82 Å². The second kappa shape index (κ2) is 7.83. The zero-order valence-corrected chi connectivity index (χ0v) is 15.8. The van der Waals surface area contributed by atoms with E-state index in [1.54, 1.807) is 18.5 Å². The van der Waals surface area contributed by atoms with Gasteiger partial charge in [-0.25, -0.2) is 4.98 Å². The van der Waals surface area contributed by atoms with Crippen molar-refractivity contribution in [2.75, 3.05) is 0 Å². The van der Waals surface area contributed by atoms with Crippen LogP contribution in [0.2, 0.25) is 0 Å². The first-order chi connectivity index (χ1) is 13.2. The van der Waals surface area contributed by atoms with Crippen LogP contribution in [0, 0.1) is 11.3 Å². The molecule has 4 heterocycles. The second-order valence-electron chi connectivity index (χ2n) is 5.88. The van der Waals surface area contributed by atoms with Gasteiger partial charge in [0.2, 0.25) is 0 Å². The number of rotatable bonds is 2. The molecule has 0 amide bonds. The summed E-state index contributed by atoms with van der Waals surface area (Å²) in [4.78, 5) is 17.4. The van der Waals surface area contributed by atoms with E-state index in [0.717, 1.165) is 39.1 Å². The number of allylic oxidation sites excluding steroid dienone is 1. The molecule has 6 heteroatoms. The lowest BCUT2D eigenvalue weighted by atomic mass is 9.96. The molecule has 1 aliphatic heterocycles. The van der Waals surface area contributed by atoms with E-state index in [0.29, 0.717) is 5.69 Å². The number of hydrogen-bond donors (Lipinski definition) is 1. The summed E-state index contributed by atoms with van der Waals surface area (Å²) in [6.45, 7) is 7.84. The van der Waals surface area contributed by atoms with E-state index in [-0.39, 0.29) is 6.10 Å². The fourth-order valence-corrected chi connectivity index (χ4v) is 2.99. The molecule has 0 aliphatic carbocycles. The largest absolute Gasteiger partial charge is 0.388 e. The van der Waals surface area contributed by atoms with E-state index in [4.69, 9.17) is 4.84 Å². The van der Waals surface area contributed by atoms with Crippen molar-refractivity contribution in [2.45, 2.75) is 33.8 Å². The van der Waals surface area contributed by atoms with Crippen LogP contribution >= 0.6 is 0 Å². The summed E-state index contributed by atoms with van der Waals surface area (Å²) in [5, 5.41) is 13.4. The quantitative estimate of drug-likeness (QED) is 0.718.